The Balaban J connectivity index is 2.20. The van der Waals surface area contributed by atoms with Crippen LogP contribution in [0.2, 0.25) is 0 Å². The van der Waals surface area contributed by atoms with Crippen LogP contribution in [-0.4, -0.2) is 48.1 Å². The molecule has 1 fully saturated rings. The van der Waals surface area contributed by atoms with Gasteiger partial charge in [-0.3, -0.25) is 4.79 Å². The third-order valence-corrected chi connectivity index (χ3v) is 5.90. The maximum atomic E-state index is 13.2. The predicted molar refractivity (Wildman–Crippen MR) is 124 cm³/mol. The number of amides is 2. The molecule has 7 heteroatoms. The van der Waals surface area contributed by atoms with Crippen LogP contribution < -0.4 is 10.1 Å². The van der Waals surface area contributed by atoms with Crippen LogP contribution in [-0.2, 0) is 19.7 Å². The van der Waals surface area contributed by atoms with Gasteiger partial charge in [0.05, 0.1) is 5.41 Å². The predicted octanol–water partition coefficient (Wildman–Crippen LogP) is 4.43. The maximum absolute atomic E-state index is 13.2. The minimum atomic E-state index is -0.830. The van der Waals surface area contributed by atoms with Gasteiger partial charge >= 0.3 is 12.1 Å². The van der Waals surface area contributed by atoms with Crippen molar-refractivity contribution < 1.29 is 23.9 Å². The van der Waals surface area contributed by atoms with Crippen molar-refractivity contribution in [1.82, 2.24) is 10.2 Å². The van der Waals surface area contributed by atoms with Crippen LogP contribution in [0, 0.1) is 5.92 Å². The third kappa shape index (κ3) is 6.24. The summed E-state index contributed by atoms with van der Waals surface area (Å²) in [6.45, 7) is 11.8. The average molecular weight is 447 g/mol. The summed E-state index contributed by atoms with van der Waals surface area (Å²) in [7, 11) is 1.84. The number of rotatable bonds is 6. The summed E-state index contributed by atoms with van der Waals surface area (Å²) in [5.74, 6) is -0.246. The number of likely N-dealkylation sites (N-methyl/N-ethyl adjacent to an activating group) is 1. The summed E-state index contributed by atoms with van der Waals surface area (Å²) in [6.07, 6.45) is 2.63. The highest BCUT2D eigenvalue weighted by atomic mass is 16.6. The second-order valence-electron chi connectivity index (χ2n) is 9.94. The molecule has 1 heterocycles. The van der Waals surface area contributed by atoms with E-state index in [9.17, 15) is 14.4 Å². The molecule has 1 aromatic rings. The zero-order valence-electron chi connectivity index (χ0n) is 20.5. The van der Waals surface area contributed by atoms with E-state index in [0.29, 0.717) is 12.2 Å². The first-order valence-corrected chi connectivity index (χ1v) is 11.5. The zero-order valence-corrected chi connectivity index (χ0v) is 20.5. The number of benzene rings is 1. The first kappa shape index (κ1) is 25.7. The summed E-state index contributed by atoms with van der Waals surface area (Å²) in [6, 6.07) is 6.32. The van der Waals surface area contributed by atoms with Crippen LogP contribution in [0.25, 0.3) is 0 Å². The van der Waals surface area contributed by atoms with Crippen molar-refractivity contribution in [2.24, 2.45) is 5.92 Å². The number of esters is 1. The van der Waals surface area contributed by atoms with E-state index in [2.05, 4.69) is 5.32 Å². The third-order valence-electron chi connectivity index (χ3n) is 5.90. The summed E-state index contributed by atoms with van der Waals surface area (Å²) < 4.78 is 10.9. The molecule has 1 aliphatic rings. The standard InChI is InChI=1S/C25H38N2O5/c1-8-25(14-9-10-15-27(7)22(25)29)18-12-11-13-19(16-18)31-23(30)26-20(17(2)3)21(28)32-24(4,5)6/h11-13,16-17,20H,8-10,14-15H2,1-7H3,(H,26,30). The topological polar surface area (TPSA) is 84.9 Å². The molecular weight excluding hydrogens is 408 g/mol. The molecule has 2 atom stereocenters. The van der Waals surface area contributed by atoms with E-state index in [0.717, 1.165) is 31.4 Å². The summed E-state index contributed by atoms with van der Waals surface area (Å²) in [5, 5.41) is 2.62. The molecule has 0 saturated carbocycles. The zero-order chi connectivity index (χ0) is 24.1. The van der Waals surface area contributed by atoms with Crippen molar-refractivity contribution in [3.8, 4) is 5.75 Å². The van der Waals surface area contributed by atoms with Gasteiger partial charge in [0.15, 0.2) is 0 Å². The minimum absolute atomic E-state index is 0.101. The van der Waals surface area contributed by atoms with Gasteiger partial charge in [-0.15, -0.1) is 0 Å². The summed E-state index contributed by atoms with van der Waals surface area (Å²) in [4.78, 5) is 40.1. The van der Waals surface area contributed by atoms with Crippen LogP contribution >= 0.6 is 0 Å². The fourth-order valence-electron chi connectivity index (χ4n) is 4.13. The molecular formula is C25H38N2O5. The van der Waals surface area contributed by atoms with Crippen molar-refractivity contribution in [2.45, 2.75) is 84.3 Å². The van der Waals surface area contributed by atoms with Gasteiger partial charge in [-0.1, -0.05) is 39.3 Å². The molecule has 0 bridgehead atoms. The Morgan fingerprint density at radius 1 is 1.22 bits per heavy atom. The number of carbonyl (C=O) groups is 3. The number of hydrogen-bond donors (Lipinski definition) is 1. The number of nitrogens with zero attached hydrogens (tertiary/aromatic N) is 1. The molecule has 1 aromatic carbocycles. The quantitative estimate of drug-likeness (QED) is 0.654. The lowest BCUT2D eigenvalue weighted by Gasteiger charge is -2.33. The fraction of sp³-hybridized carbons (Fsp3) is 0.640. The van der Waals surface area contributed by atoms with Gasteiger partial charge in [0.25, 0.3) is 0 Å². The highest BCUT2D eigenvalue weighted by molar-refractivity contribution is 5.88. The molecule has 0 spiro atoms. The highest BCUT2D eigenvalue weighted by Gasteiger charge is 2.41. The number of ether oxygens (including phenoxy) is 2. The molecule has 1 N–H and O–H groups in total. The van der Waals surface area contributed by atoms with Crippen LogP contribution in [0.4, 0.5) is 4.79 Å². The number of nitrogens with one attached hydrogen (secondary N) is 1. The smallest absolute Gasteiger partial charge is 0.413 e. The monoisotopic (exact) mass is 446 g/mol. The van der Waals surface area contributed by atoms with E-state index >= 15 is 0 Å². The van der Waals surface area contributed by atoms with Gasteiger partial charge in [-0.2, -0.15) is 0 Å². The van der Waals surface area contributed by atoms with Gasteiger partial charge in [0, 0.05) is 13.6 Å². The van der Waals surface area contributed by atoms with E-state index in [1.54, 1.807) is 43.9 Å². The Labute approximate surface area is 191 Å². The summed E-state index contributed by atoms with van der Waals surface area (Å²) in [5.41, 5.74) is -0.439. The van der Waals surface area contributed by atoms with E-state index in [1.165, 1.54) is 0 Å². The molecule has 0 aliphatic carbocycles. The molecule has 0 radical (unpaired) electrons. The van der Waals surface area contributed by atoms with Crippen molar-refractivity contribution in [3.63, 3.8) is 0 Å². The van der Waals surface area contributed by atoms with Crippen LogP contribution in [0.1, 0.15) is 72.8 Å². The second kappa shape index (κ2) is 10.4. The highest BCUT2D eigenvalue weighted by Crippen LogP contribution is 2.38. The van der Waals surface area contributed by atoms with E-state index < -0.39 is 29.1 Å². The van der Waals surface area contributed by atoms with E-state index in [1.807, 2.05) is 33.9 Å². The molecule has 2 amide bonds. The van der Waals surface area contributed by atoms with Gasteiger partial charge in [-0.05, 0) is 63.6 Å². The van der Waals surface area contributed by atoms with Gasteiger partial charge in [-0.25, -0.2) is 9.59 Å². The van der Waals surface area contributed by atoms with Crippen molar-refractivity contribution in [2.75, 3.05) is 13.6 Å². The lowest BCUT2D eigenvalue weighted by atomic mass is 9.73. The van der Waals surface area contributed by atoms with Gasteiger partial charge < -0.3 is 19.7 Å². The Hall–Kier alpha value is -2.57. The Bertz CT molecular complexity index is 830. The van der Waals surface area contributed by atoms with Crippen LogP contribution in [0.3, 0.4) is 0 Å². The minimum Gasteiger partial charge on any atom is -0.458 e. The first-order valence-electron chi connectivity index (χ1n) is 11.5. The van der Waals surface area contributed by atoms with Crippen molar-refractivity contribution in [1.29, 1.82) is 0 Å². The lowest BCUT2D eigenvalue weighted by Crippen LogP contribution is -2.48. The molecule has 2 unspecified atom stereocenters. The Morgan fingerprint density at radius 2 is 1.91 bits per heavy atom. The molecule has 1 aliphatic heterocycles. The van der Waals surface area contributed by atoms with Gasteiger partial charge in [0.2, 0.25) is 5.91 Å². The Morgan fingerprint density at radius 3 is 2.50 bits per heavy atom. The fourth-order valence-corrected chi connectivity index (χ4v) is 4.13. The van der Waals surface area contributed by atoms with Crippen molar-refractivity contribution >= 4 is 18.0 Å². The SMILES string of the molecule is CCC1(c2cccc(OC(=O)NC(C(=O)OC(C)(C)C)C(C)C)c2)CCCCN(C)C1=O. The number of carbonyl (C=O) groups excluding carboxylic acids is 3. The number of hydrogen-bond acceptors (Lipinski definition) is 5. The van der Waals surface area contributed by atoms with Crippen LogP contribution in [0.15, 0.2) is 24.3 Å². The average Bonchev–Trinajstić information content (AvgIpc) is 2.84. The first-order chi connectivity index (χ1) is 14.9. The normalized spacial score (nSPS) is 20.5. The molecule has 7 nitrogen and oxygen atoms in total. The van der Waals surface area contributed by atoms with Gasteiger partial charge in [0.1, 0.15) is 17.4 Å². The second-order valence-corrected chi connectivity index (χ2v) is 9.94. The van der Waals surface area contributed by atoms with E-state index in [-0.39, 0.29) is 11.8 Å². The molecule has 178 valence electrons. The van der Waals surface area contributed by atoms with Crippen molar-refractivity contribution in [3.05, 3.63) is 29.8 Å². The van der Waals surface area contributed by atoms with Crippen LogP contribution in [0.5, 0.6) is 5.75 Å². The molecule has 0 aromatic heterocycles. The Kier molecular flexibility index (Phi) is 8.32. The molecule has 32 heavy (non-hydrogen) atoms. The molecule has 1 saturated heterocycles. The number of likely N-dealkylation sites (tertiary alicyclic amines) is 1. The van der Waals surface area contributed by atoms with E-state index in [4.69, 9.17) is 9.47 Å². The summed E-state index contributed by atoms with van der Waals surface area (Å²) >= 11 is 0. The maximum Gasteiger partial charge on any atom is 0.413 e. The largest absolute Gasteiger partial charge is 0.458 e. The lowest BCUT2D eigenvalue weighted by molar-refractivity contribution is -0.158. The molecule has 2 rings (SSSR count).